The number of halogens is 2. The quantitative estimate of drug-likeness (QED) is 0.228. The van der Waals surface area contributed by atoms with Crippen molar-refractivity contribution in [2.75, 3.05) is 11.4 Å². The van der Waals surface area contributed by atoms with Crippen molar-refractivity contribution in [1.29, 1.82) is 0 Å². The fourth-order valence-electron chi connectivity index (χ4n) is 3.97. The van der Waals surface area contributed by atoms with Gasteiger partial charge in [0.25, 0.3) is 11.8 Å². The van der Waals surface area contributed by atoms with E-state index in [1.165, 1.54) is 9.80 Å². The molecular weight excluding hydrogens is 522 g/mol. The number of carbonyl (C=O) groups is 2. The molecule has 5 nitrogen and oxygen atoms in total. The fraction of sp³-hybridized carbons (Fsp3) is 0.160. The second-order valence-electron chi connectivity index (χ2n) is 7.65. The maximum atomic E-state index is 13.5. The molecule has 0 saturated carbocycles. The number of aryl methyl sites for hydroxylation is 1. The number of aromatic nitrogens is 1. The zero-order valence-corrected chi connectivity index (χ0v) is 21.5. The predicted octanol–water partition coefficient (Wildman–Crippen LogP) is 6.07. The number of anilines is 1. The molecule has 0 N–H and O–H groups in total. The zero-order chi connectivity index (χ0) is 23.9. The largest absolute Gasteiger partial charge is 0.318 e. The Hall–Kier alpha value is -2.74. The standard InChI is InChI=1S/C25H21BrClN3O2S/c1-4-28-23(31)22(24(32)30(25(28)33)20-10-8-19(27)9-11-20)13-17-12-15(2)29(16(17)3)21-7-5-6-18(26)14-21/h5-14H,4H2,1-3H3/b22-13+. The molecule has 1 aliphatic rings. The first-order chi connectivity index (χ1) is 15.7. The molecule has 1 aromatic heterocycles. The number of nitrogens with zero attached hydrogens (tertiary/aromatic N) is 3. The van der Waals surface area contributed by atoms with Gasteiger partial charge in [0.2, 0.25) is 0 Å². The van der Waals surface area contributed by atoms with Crippen molar-refractivity contribution in [3.63, 3.8) is 0 Å². The molecule has 0 unspecified atom stereocenters. The van der Waals surface area contributed by atoms with E-state index in [2.05, 4.69) is 20.5 Å². The molecule has 2 aromatic carbocycles. The number of thiocarbonyl (C=S) groups is 1. The van der Waals surface area contributed by atoms with Crippen molar-refractivity contribution >= 4 is 68.4 Å². The van der Waals surface area contributed by atoms with Crippen molar-refractivity contribution in [3.05, 3.63) is 86.6 Å². The molecule has 0 aliphatic carbocycles. The Bertz CT molecular complexity index is 1310. The Morgan fingerprint density at radius 3 is 2.33 bits per heavy atom. The number of likely N-dealkylation sites (N-methyl/N-ethyl adjacent to an activating group) is 1. The van der Waals surface area contributed by atoms with Crippen LogP contribution >= 0.6 is 39.7 Å². The molecule has 33 heavy (non-hydrogen) atoms. The van der Waals surface area contributed by atoms with Crippen LogP contribution in [0.4, 0.5) is 5.69 Å². The topological polar surface area (TPSA) is 45.6 Å². The van der Waals surface area contributed by atoms with E-state index < -0.39 is 11.8 Å². The van der Waals surface area contributed by atoms with Crippen LogP contribution in [0.1, 0.15) is 23.9 Å². The number of hydrogen-bond donors (Lipinski definition) is 0. The second-order valence-corrected chi connectivity index (χ2v) is 9.37. The Kier molecular flexibility index (Phi) is 6.56. The molecular formula is C25H21BrClN3O2S. The lowest BCUT2D eigenvalue weighted by atomic mass is 10.1. The van der Waals surface area contributed by atoms with Gasteiger partial charge in [0, 0.05) is 33.1 Å². The van der Waals surface area contributed by atoms with Gasteiger partial charge in [-0.3, -0.25) is 19.4 Å². The van der Waals surface area contributed by atoms with E-state index in [9.17, 15) is 9.59 Å². The molecule has 2 amide bonds. The molecule has 0 radical (unpaired) electrons. The maximum Gasteiger partial charge on any atom is 0.270 e. The lowest BCUT2D eigenvalue weighted by Gasteiger charge is -2.36. The van der Waals surface area contributed by atoms with Gasteiger partial charge in [-0.2, -0.15) is 0 Å². The summed E-state index contributed by atoms with van der Waals surface area (Å²) < 4.78 is 3.06. The highest BCUT2D eigenvalue weighted by Crippen LogP contribution is 2.29. The highest BCUT2D eigenvalue weighted by Gasteiger charge is 2.39. The minimum atomic E-state index is -0.454. The smallest absolute Gasteiger partial charge is 0.270 e. The summed E-state index contributed by atoms with van der Waals surface area (Å²) in [5, 5.41) is 0.708. The van der Waals surface area contributed by atoms with Crippen LogP contribution in [-0.4, -0.2) is 32.9 Å². The summed E-state index contributed by atoms with van der Waals surface area (Å²) in [6.07, 6.45) is 1.66. The fourth-order valence-corrected chi connectivity index (χ4v) is 4.89. The summed E-state index contributed by atoms with van der Waals surface area (Å²) >= 11 is 15.0. The highest BCUT2D eigenvalue weighted by atomic mass is 79.9. The maximum absolute atomic E-state index is 13.5. The molecule has 2 heterocycles. The Balaban J connectivity index is 1.82. The van der Waals surface area contributed by atoms with Crippen molar-refractivity contribution in [1.82, 2.24) is 9.47 Å². The molecule has 168 valence electrons. The van der Waals surface area contributed by atoms with Crippen LogP contribution in [0.15, 0.2) is 64.6 Å². The van der Waals surface area contributed by atoms with E-state index in [-0.39, 0.29) is 10.7 Å². The summed E-state index contributed by atoms with van der Waals surface area (Å²) in [6, 6.07) is 16.7. The van der Waals surface area contributed by atoms with Crippen LogP contribution in [0.25, 0.3) is 11.8 Å². The Labute approximate surface area is 211 Å². The van der Waals surface area contributed by atoms with Gasteiger partial charge < -0.3 is 4.57 Å². The lowest BCUT2D eigenvalue weighted by Crippen LogP contribution is -2.56. The molecule has 3 aromatic rings. The summed E-state index contributed by atoms with van der Waals surface area (Å²) in [5.41, 5.74) is 4.33. The van der Waals surface area contributed by atoms with Crippen LogP contribution in [0.5, 0.6) is 0 Å². The lowest BCUT2D eigenvalue weighted by molar-refractivity contribution is -0.127. The van der Waals surface area contributed by atoms with Crippen molar-refractivity contribution in [2.45, 2.75) is 20.8 Å². The zero-order valence-electron chi connectivity index (χ0n) is 18.3. The first kappa shape index (κ1) is 23.4. The monoisotopic (exact) mass is 541 g/mol. The summed E-state index contributed by atoms with van der Waals surface area (Å²) in [4.78, 5) is 29.5. The van der Waals surface area contributed by atoms with Crippen LogP contribution in [-0.2, 0) is 9.59 Å². The van der Waals surface area contributed by atoms with Crippen molar-refractivity contribution in [2.24, 2.45) is 0 Å². The third-order valence-electron chi connectivity index (χ3n) is 5.57. The van der Waals surface area contributed by atoms with Gasteiger partial charge in [-0.1, -0.05) is 33.6 Å². The van der Waals surface area contributed by atoms with E-state index in [1.807, 2.05) is 51.1 Å². The minimum absolute atomic E-state index is 0.0647. The molecule has 0 atom stereocenters. The van der Waals surface area contributed by atoms with Crippen molar-refractivity contribution in [3.8, 4) is 5.69 Å². The second kappa shape index (κ2) is 9.25. The molecule has 0 bridgehead atoms. The molecule has 1 aliphatic heterocycles. The van der Waals surface area contributed by atoms with E-state index in [0.717, 1.165) is 27.1 Å². The average Bonchev–Trinajstić information content (AvgIpc) is 3.05. The van der Waals surface area contributed by atoms with Crippen LogP contribution < -0.4 is 4.90 Å². The van der Waals surface area contributed by atoms with Gasteiger partial charge in [0.1, 0.15) is 5.57 Å². The van der Waals surface area contributed by atoms with Crippen LogP contribution in [0.3, 0.4) is 0 Å². The highest BCUT2D eigenvalue weighted by molar-refractivity contribution is 9.10. The normalized spacial score (nSPS) is 15.7. The van der Waals surface area contributed by atoms with Gasteiger partial charge in [-0.05, 0) is 93.2 Å². The van der Waals surface area contributed by atoms with E-state index >= 15 is 0 Å². The first-order valence-corrected chi connectivity index (χ1v) is 11.9. The summed E-state index contributed by atoms with van der Waals surface area (Å²) in [5.74, 6) is -0.853. The number of carbonyl (C=O) groups excluding carboxylic acids is 2. The molecule has 8 heteroatoms. The summed E-state index contributed by atoms with van der Waals surface area (Å²) in [6.45, 7) is 6.14. The number of amides is 2. The van der Waals surface area contributed by atoms with E-state index in [1.54, 1.807) is 30.3 Å². The molecule has 1 fully saturated rings. The average molecular weight is 543 g/mol. The first-order valence-electron chi connectivity index (χ1n) is 10.3. The molecule has 4 rings (SSSR count). The van der Waals surface area contributed by atoms with Gasteiger partial charge in [-0.15, -0.1) is 0 Å². The third kappa shape index (κ3) is 4.28. The summed E-state index contributed by atoms with van der Waals surface area (Å²) in [7, 11) is 0. The Morgan fingerprint density at radius 2 is 1.70 bits per heavy atom. The number of rotatable bonds is 4. The Morgan fingerprint density at radius 1 is 1.00 bits per heavy atom. The molecule has 0 spiro atoms. The number of benzene rings is 2. The van der Waals surface area contributed by atoms with E-state index in [0.29, 0.717) is 17.3 Å². The van der Waals surface area contributed by atoms with E-state index in [4.69, 9.17) is 23.8 Å². The predicted molar refractivity (Wildman–Crippen MR) is 140 cm³/mol. The van der Waals surface area contributed by atoms with Gasteiger partial charge in [0.15, 0.2) is 5.11 Å². The van der Waals surface area contributed by atoms with Gasteiger partial charge >= 0.3 is 0 Å². The SMILES string of the molecule is CCN1C(=O)/C(=C\c2cc(C)n(-c3cccc(Br)c3)c2C)C(=O)N(c2ccc(Cl)cc2)C1=S. The van der Waals surface area contributed by atoms with Crippen LogP contribution in [0.2, 0.25) is 5.02 Å². The third-order valence-corrected chi connectivity index (χ3v) is 6.72. The van der Waals surface area contributed by atoms with Gasteiger partial charge in [0.05, 0.1) is 5.69 Å². The number of hydrogen-bond acceptors (Lipinski definition) is 3. The molecule has 1 saturated heterocycles. The van der Waals surface area contributed by atoms with Crippen molar-refractivity contribution < 1.29 is 9.59 Å². The van der Waals surface area contributed by atoms with Crippen LogP contribution in [0, 0.1) is 13.8 Å². The van der Waals surface area contributed by atoms with Gasteiger partial charge in [-0.25, -0.2) is 0 Å². The minimum Gasteiger partial charge on any atom is -0.318 e.